The molecule has 0 saturated heterocycles. The van der Waals surface area contributed by atoms with Gasteiger partial charge in [-0.1, -0.05) is 6.92 Å². The predicted octanol–water partition coefficient (Wildman–Crippen LogP) is 1.98. The van der Waals surface area contributed by atoms with Crippen molar-refractivity contribution in [3.05, 3.63) is 24.5 Å². The van der Waals surface area contributed by atoms with Gasteiger partial charge < -0.3 is 4.90 Å². The standard InChI is InChI=1S/C12H15N3O/c1-4-12(2,9-13)11(16)15(3)10-6-5-7-14-8-10/h5-8H,4H2,1-3H3. The fourth-order valence-electron chi connectivity index (χ4n) is 1.32. The van der Waals surface area contributed by atoms with Crippen molar-refractivity contribution in [2.75, 3.05) is 11.9 Å². The molecule has 0 N–H and O–H groups in total. The van der Waals surface area contributed by atoms with Gasteiger partial charge in [-0.05, 0) is 25.5 Å². The zero-order chi connectivity index (χ0) is 12.2. The monoisotopic (exact) mass is 217 g/mol. The highest BCUT2D eigenvalue weighted by molar-refractivity contribution is 5.98. The van der Waals surface area contributed by atoms with Gasteiger partial charge in [-0.3, -0.25) is 9.78 Å². The first-order chi connectivity index (χ1) is 7.55. The molecule has 0 bridgehead atoms. The SMILES string of the molecule is CCC(C)(C#N)C(=O)N(C)c1cccnc1. The summed E-state index contributed by atoms with van der Waals surface area (Å²) in [6.45, 7) is 3.49. The second kappa shape index (κ2) is 4.75. The van der Waals surface area contributed by atoms with Crippen molar-refractivity contribution >= 4 is 11.6 Å². The van der Waals surface area contributed by atoms with Crippen LogP contribution >= 0.6 is 0 Å². The Kier molecular flexibility index (Phi) is 3.62. The third kappa shape index (κ3) is 2.19. The number of aromatic nitrogens is 1. The Morgan fingerprint density at radius 3 is 2.81 bits per heavy atom. The van der Waals surface area contributed by atoms with Gasteiger partial charge >= 0.3 is 0 Å². The fourth-order valence-corrected chi connectivity index (χ4v) is 1.32. The molecule has 1 unspecified atom stereocenters. The predicted molar refractivity (Wildman–Crippen MR) is 61.7 cm³/mol. The average Bonchev–Trinajstić information content (AvgIpc) is 2.37. The summed E-state index contributed by atoms with van der Waals surface area (Å²) < 4.78 is 0. The zero-order valence-corrected chi connectivity index (χ0v) is 9.77. The average molecular weight is 217 g/mol. The fraction of sp³-hybridized carbons (Fsp3) is 0.417. The minimum absolute atomic E-state index is 0.203. The van der Waals surface area contributed by atoms with E-state index in [-0.39, 0.29) is 5.91 Å². The van der Waals surface area contributed by atoms with Crippen molar-refractivity contribution in [1.29, 1.82) is 5.26 Å². The first-order valence-corrected chi connectivity index (χ1v) is 5.14. The molecule has 4 heteroatoms. The topological polar surface area (TPSA) is 57.0 Å². The van der Waals surface area contributed by atoms with E-state index in [2.05, 4.69) is 11.1 Å². The second-order valence-electron chi connectivity index (χ2n) is 3.87. The molecule has 0 aliphatic rings. The van der Waals surface area contributed by atoms with Crippen LogP contribution in [0.15, 0.2) is 24.5 Å². The molecule has 0 radical (unpaired) electrons. The summed E-state index contributed by atoms with van der Waals surface area (Å²) in [6.07, 6.45) is 3.74. The second-order valence-corrected chi connectivity index (χ2v) is 3.87. The number of amides is 1. The molecule has 1 aromatic heterocycles. The lowest BCUT2D eigenvalue weighted by Crippen LogP contribution is -2.39. The normalized spacial score (nSPS) is 13.6. The third-order valence-electron chi connectivity index (χ3n) is 2.76. The van der Waals surface area contributed by atoms with Crippen LogP contribution in [0.1, 0.15) is 20.3 Å². The molecule has 0 aliphatic heterocycles. The molecule has 84 valence electrons. The van der Waals surface area contributed by atoms with Crippen LogP contribution in [0.5, 0.6) is 0 Å². The van der Waals surface area contributed by atoms with Gasteiger partial charge in [0.1, 0.15) is 5.41 Å². The van der Waals surface area contributed by atoms with E-state index in [4.69, 9.17) is 5.26 Å². The van der Waals surface area contributed by atoms with Gasteiger partial charge in [-0.2, -0.15) is 5.26 Å². The number of carbonyl (C=O) groups excluding carboxylic acids is 1. The Morgan fingerprint density at radius 1 is 1.69 bits per heavy atom. The van der Waals surface area contributed by atoms with Gasteiger partial charge in [0.05, 0.1) is 18.0 Å². The van der Waals surface area contributed by atoms with Crippen LogP contribution in [0.3, 0.4) is 0 Å². The zero-order valence-electron chi connectivity index (χ0n) is 9.77. The van der Waals surface area contributed by atoms with E-state index in [1.807, 2.05) is 6.92 Å². The lowest BCUT2D eigenvalue weighted by Gasteiger charge is -2.25. The van der Waals surface area contributed by atoms with Crippen molar-refractivity contribution in [2.45, 2.75) is 20.3 Å². The van der Waals surface area contributed by atoms with Crippen molar-refractivity contribution < 1.29 is 4.79 Å². The first kappa shape index (κ1) is 12.2. The largest absolute Gasteiger partial charge is 0.313 e. The highest BCUT2D eigenvalue weighted by Gasteiger charge is 2.34. The molecule has 1 heterocycles. The molecule has 0 spiro atoms. The first-order valence-electron chi connectivity index (χ1n) is 5.14. The van der Waals surface area contributed by atoms with E-state index >= 15 is 0 Å². The summed E-state index contributed by atoms with van der Waals surface area (Å²) >= 11 is 0. The van der Waals surface area contributed by atoms with Crippen molar-refractivity contribution in [2.24, 2.45) is 5.41 Å². The summed E-state index contributed by atoms with van der Waals surface area (Å²) in [4.78, 5) is 17.5. The number of pyridine rings is 1. The van der Waals surface area contributed by atoms with E-state index in [9.17, 15) is 4.79 Å². The van der Waals surface area contributed by atoms with Crippen LogP contribution in [-0.4, -0.2) is 17.9 Å². The van der Waals surface area contributed by atoms with Crippen LogP contribution in [0.2, 0.25) is 0 Å². The lowest BCUT2D eigenvalue weighted by molar-refractivity contribution is -0.124. The van der Waals surface area contributed by atoms with Crippen LogP contribution < -0.4 is 4.90 Å². The number of anilines is 1. The molecule has 1 amide bonds. The van der Waals surface area contributed by atoms with Crippen molar-refractivity contribution in [3.8, 4) is 6.07 Å². The minimum Gasteiger partial charge on any atom is -0.313 e. The van der Waals surface area contributed by atoms with Crippen LogP contribution in [0.25, 0.3) is 0 Å². The van der Waals surface area contributed by atoms with Crippen molar-refractivity contribution in [1.82, 2.24) is 4.98 Å². The summed E-state index contributed by atoms with van der Waals surface area (Å²) in [6, 6.07) is 5.62. The molecule has 1 atom stereocenters. The summed E-state index contributed by atoms with van der Waals surface area (Å²) in [5.41, 5.74) is -0.271. The maximum atomic E-state index is 12.1. The maximum Gasteiger partial charge on any atom is 0.246 e. The quantitative estimate of drug-likeness (QED) is 0.777. The number of nitrogens with zero attached hydrogens (tertiary/aromatic N) is 3. The molecule has 0 aromatic carbocycles. The number of hydrogen-bond acceptors (Lipinski definition) is 3. The number of carbonyl (C=O) groups is 1. The van der Waals surface area contributed by atoms with E-state index in [0.29, 0.717) is 12.1 Å². The summed E-state index contributed by atoms with van der Waals surface area (Å²) in [5.74, 6) is -0.203. The van der Waals surface area contributed by atoms with Crippen LogP contribution in [-0.2, 0) is 4.79 Å². The van der Waals surface area contributed by atoms with E-state index in [1.165, 1.54) is 4.90 Å². The maximum absolute atomic E-state index is 12.1. The lowest BCUT2D eigenvalue weighted by atomic mass is 9.88. The molecule has 16 heavy (non-hydrogen) atoms. The van der Waals surface area contributed by atoms with Gasteiger partial charge in [0, 0.05) is 13.2 Å². The Hall–Kier alpha value is -1.89. The van der Waals surface area contributed by atoms with Gasteiger partial charge in [0.2, 0.25) is 5.91 Å². The Balaban J connectivity index is 2.96. The molecular formula is C12H15N3O. The van der Waals surface area contributed by atoms with Gasteiger partial charge in [-0.25, -0.2) is 0 Å². The molecule has 0 saturated carbocycles. The van der Waals surface area contributed by atoms with Gasteiger partial charge in [0.25, 0.3) is 0 Å². The molecule has 0 aliphatic carbocycles. The van der Waals surface area contributed by atoms with Crippen LogP contribution in [0.4, 0.5) is 5.69 Å². The Labute approximate surface area is 95.5 Å². The van der Waals surface area contributed by atoms with Crippen LogP contribution in [0, 0.1) is 16.7 Å². The molecular weight excluding hydrogens is 202 g/mol. The molecule has 1 aromatic rings. The van der Waals surface area contributed by atoms with E-state index in [1.54, 1.807) is 38.5 Å². The number of nitriles is 1. The third-order valence-corrected chi connectivity index (χ3v) is 2.76. The summed E-state index contributed by atoms with van der Waals surface area (Å²) in [5, 5.41) is 9.04. The number of rotatable bonds is 3. The highest BCUT2D eigenvalue weighted by atomic mass is 16.2. The van der Waals surface area contributed by atoms with Gasteiger partial charge in [0.15, 0.2) is 0 Å². The Bertz CT molecular complexity index is 410. The van der Waals surface area contributed by atoms with E-state index < -0.39 is 5.41 Å². The van der Waals surface area contributed by atoms with Crippen molar-refractivity contribution in [3.63, 3.8) is 0 Å². The smallest absolute Gasteiger partial charge is 0.246 e. The minimum atomic E-state index is -0.968. The Morgan fingerprint density at radius 2 is 2.38 bits per heavy atom. The summed E-state index contributed by atoms with van der Waals surface area (Å²) in [7, 11) is 1.66. The highest BCUT2D eigenvalue weighted by Crippen LogP contribution is 2.25. The molecule has 1 rings (SSSR count). The molecule has 0 fully saturated rings. The van der Waals surface area contributed by atoms with E-state index in [0.717, 1.165) is 0 Å². The van der Waals surface area contributed by atoms with Gasteiger partial charge in [-0.15, -0.1) is 0 Å². The molecule has 4 nitrogen and oxygen atoms in total. The number of hydrogen-bond donors (Lipinski definition) is 0.